The van der Waals surface area contributed by atoms with Crippen LogP contribution in [0.4, 0.5) is 12.9 Å². The van der Waals surface area contributed by atoms with Gasteiger partial charge in [-0.05, 0) is 41.1 Å². The molecule has 0 aromatic heterocycles. The third-order valence-electron chi connectivity index (χ3n) is 2.09. The van der Waals surface area contributed by atoms with Crippen molar-refractivity contribution in [2.45, 2.75) is 13.5 Å². The number of hydrogen-bond acceptors (Lipinski definition) is 1. The van der Waals surface area contributed by atoms with Crippen molar-refractivity contribution in [2.24, 2.45) is 5.73 Å². The lowest BCUT2D eigenvalue weighted by atomic mass is 9.76. The van der Waals surface area contributed by atoms with Gasteiger partial charge in [-0.3, -0.25) is 0 Å². The van der Waals surface area contributed by atoms with Gasteiger partial charge in [0.15, 0.2) is 0 Å². The van der Waals surface area contributed by atoms with Crippen LogP contribution in [0.25, 0.3) is 0 Å². The molecule has 1 aromatic rings. The zero-order valence-corrected chi connectivity index (χ0v) is 9.69. The van der Waals surface area contributed by atoms with Gasteiger partial charge in [-0.2, -0.15) is 0 Å². The van der Waals surface area contributed by atoms with E-state index in [1.807, 2.05) is 22.6 Å². The van der Waals surface area contributed by atoms with Crippen LogP contribution in [-0.2, 0) is 6.54 Å². The predicted molar refractivity (Wildman–Crippen MR) is 60.5 cm³/mol. The SMILES string of the molecule is Cc1c(CN)cc(I)cc1[B-](F)(F)F. The van der Waals surface area contributed by atoms with Gasteiger partial charge in [-0.15, -0.1) is 5.46 Å². The summed E-state index contributed by atoms with van der Waals surface area (Å²) in [6, 6.07) is 2.84. The summed E-state index contributed by atoms with van der Waals surface area (Å²) in [5, 5.41) is 0. The first kappa shape index (κ1) is 11.8. The van der Waals surface area contributed by atoms with Crippen LogP contribution in [0.15, 0.2) is 12.1 Å². The molecule has 0 amide bonds. The molecular weight excluding hydrogens is 305 g/mol. The van der Waals surface area contributed by atoms with Gasteiger partial charge in [0, 0.05) is 10.1 Å². The molecule has 14 heavy (non-hydrogen) atoms. The quantitative estimate of drug-likeness (QED) is 0.657. The second-order valence-corrected chi connectivity index (χ2v) is 4.30. The first-order valence-corrected chi connectivity index (χ1v) is 5.13. The Morgan fingerprint density at radius 1 is 1.36 bits per heavy atom. The molecule has 0 spiro atoms. The van der Waals surface area contributed by atoms with Crippen molar-refractivity contribution in [3.8, 4) is 0 Å². The number of benzene rings is 1. The summed E-state index contributed by atoms with van der Waals surface area (Å²) >= 11 is 1.87. The molecule has 1 aromatic carbocycles. The molecule has 6 heteroatoms. The third-order valence-corrected chi connectivity index (χ3v) is 2.72. The van der Waals surface area contributed by atoms with E-state index in [9.17, 15) is 12.9 Å². The van der Waals surface area contributed by atoms with Crippen molar-refractivity contribution >= 4 is 35.0 Å². The van der Waals surface area contributed by atoms with Crippen LogP contribution in [0.2, 0.25) is 0 Å². The van der Waals surface area contributed by atoms with Gasteiger partial charge < -0.3 is 18.7 Å². The molecule has 78 valence electrons. The molecule has 0 aliphatic rings. The van der Waals surface area contributed by atoms with Crippen molar-refractivity contribution in [1.82, 2.24) is 0 Å². The monoisotopic (exact) mass is 314 g/mol. The van der Waals surface area contributed by atoms with E-state index in [1.165, 1.54) is 6.92 Å². The Morgan fingerprint density at radius 3 is 2.36 bits per heavy atom. The Hall–Kier alpha value is -0.235. The number of hydrogen-bond donors (Lipinski definition) is 1. The Labute approximate surface area is 94.1 Å². The fourth-order valence-electron chi connectivity index (χ4n) is 1.31. The second kappa shape index (κ2) is 4.10. The first-order chi connectivity index (χ1) is 6.36. The highest BCUT2D eigenvalue weighted by Crippen LogP contribution is 2.17. The highest BCUT2D eigenvalue weighted by atomic mass is 127. The summed E-state index contributed by atoms with van der Waals surface area (Å²) in [5.74, 6) is 0. The lowest BCUT2D eigenvalue weighted by Gasteiger charge is -2.20. The first-order valence-electron chi connectivity index (χ1n) is 4.05. The van der Waals surface area contributed by atoms with Crippen molar-refractivity contribution in [3.63, 3.8) is 0 Å². The number of nitrogens with two attached hydrogens (primary N) is 1. The molecule has 0 saturated heterocycles. The lowest BCUT2D eigenvalue weighted by Crippen LogP contribution is -2.37. The summed E-state index contributed by atoms with van der Waals surface area (Å²) in [7, 11) is 0. The molecular formula is C8H9BF3IN-. The van der Waals surface area contributed by atoms with E-state index in [0.29, 0.717) is 9.13 Å². The van der Waals surface area contributed by atoms with Gasteiger partial charge in [-0.25, -0.2) is 0 Å². The van der Waals surface area contributed by atoms with Crippen LogP contribution in [0.5, 0.6) is 0 Å². The molecule has 1 nitrogen and oxygen atoms in total. The highest BCUT2D eigenvalue weighted by Gasteiger charge is 2.28. The molecule has 0 radical (unpaired) electrons. The van der Waals surface area contributed by atoms with Crippen molar-refractivity contribution in [1.29, 1.82) is 0 Å². The number of halogens is 4. The Balaban J connectivity index is 3.37. The van der Waals surface area contributed by atoms with E-state index in [-0.39, 0.29) is 12.1 Å². The van der Waals surface area contributed by atoms with Gasteiger partial charge in [0.1, 0.15) is 0 Å². The van der Waals surface area contributed by atoms with E-state index in [4.69, 9.17) is 5.73 Å². The van der Waals surface area contributed by atoms with E-state index >= 15 is 0 Å². The summed E-state index contributed by atoms with van der Waals surface area (Å²) in [6.45, 7) is -3.33. The number of rotatable bonds is 2. The van der Waals surface area contributed by atoms with Crippen LogP contribution >= 0.6 is 22.6 Å². The van der Waals surface area contributed by atoms with Gasteiger partial charge in [0.2, 0.25) is 0 Å². The molecule has 0 saturated carbocycles. The summed E-state index contributed by atoms with van der Waals surface area (Å²) in [6.07, 6.45) is 0. The summed E-state index contributed by atoms with van der Waals surface area (Å²) < 4.78 is 38.3. The molecule has 0 unspecified atom stereocenters. The maximum atomic E-state index is 12.6. The highest BCUT2D eigenvalue weighted by molar-refractivity contribution is 14.1. The minimum Gasteiger partial charge on any atom is -0.445 e. The van der Waals surface area contributed by atoms with Crippen LogP contribution in [0.1, 0.15) is 11.1 Å². The van der Waals surface area contributed by atoms with Crippen molar-refractivity contribution in [2.75, 3.05) is 0 Å². The topological polar surface area (TPSA) is 26.0 Å². The van der Waals surface area contributed by atoms with Crippen LogP contribution in [0, 0.1) is 10.5 Å². The maximum Gasteiger partial charge on any atom is 0.509 e. The van der Waals surface area contributed by atoms with Gasteiger partial charge in [0.05, 0.1) is 0 Å². The van der Waals surface area contributed by atoms with E-state index in [2.05, 4.69) is 0 Å². The Bertz CT molecular complexity index is 351. The molecule has 0 atom stereocenters. The fraction of sp³-hybridized carbons (Fsp3) is 0.250. The molecule has 1 rings (SSSR count). The van der Waals surface area contributed by atoms with Gasteiger partial charge in [0.25, 0.3) is 0 Å². The van der Waals surface area contributed by atoms with Crippen LogP contribution in [-0.4, -0.2) is 6.98 Å². The normalized spacial score (nSPS) is 11.9. The average molecular weight is 314 g/mol. The fourth-order valence-corrected chi connectivity index (χ4v) is 2.02. The summed E-state index contributed by atoms with van der Waals surface area (Å²) in [5.41, 5.74) is 5.65. The van der Waals surface area contributed by atoms with E-state index in [1.54, 1.807) is 6.07 Å². The average Bonchev–Trinajstić information content (AvgIpc) is 2.06. The standard InChI is InChI=1S/C8H9BF3IN/c1-5-6(4-14)2-7(13)3-8(5)9(10,11)12/h2-3H,4,14H2,1H3/q-1. The Kier molecular flexibility index (Phi) is 3.46. The molecule has 0 heterocycles. The van der Waals surface area contributed by atoms with Gasteiger partial charge in [-0.1, -0.05) is 11.6 Å². The molecule has 2 N–H and O–H groups in total. The maximum absolute atomic E-state index is 12.6. The minimum absolute atomic E-state index is 0.141. The molecule has 0 fully saturated rings. The Morgan fingerprint density at radius 2 is 1.93 bits per heavy atom. The van der Waals surface area contributed by atoms with Crippen LogP contribution in [0.3, 0.4) is 0 Å². The summed E-state index contributed by atoms with van der Waals surface area (Å²) in [4.78, 5) is 0. The lowest BCUT2D eigenvalue weighted by molar-refractivity contribution is 0.500. The van der Waals surface area contributed by atoms with Crippen LogP contribution < -0.4 is 11.2 Å². The molecule has 0 aliphatic carbocycles. The smallest absolute Gasteiger partial charge is 0.445 e. The van der Waals surface area contributed by atoms with Crippen molar-refractivity contribution < 1.29 is 12.9 Å². The van der Waals surface area contributed by atoms with Gasteiger partial charge >= 0.3 is 6.98 Å². The van der Waals surface area contributed by atoms with Crippen molar-refractivity contribution in [3.05, 3.63) is 26.8 Å². The second-order valence-electron chi connectivity index (χ2n) is 3.06. The molecule has 0 aliphatic heterocycles. The van der Waals surface area contributed by atoms with E-state index < -0.39 is 12.4 Å². The minimum atomic E-state index is -4.94. The zero-order chi connectivity index (χ0) is 10.9. The third kappa shape index (κ3) is 2.41. The molecule has 0 bridgehead atoms. The van der Waals surface area contributed by atoms with E-state index in [0.717, 1.165) is 6.07 Å². The largest absolute Gasteiger partial charge is 0.509 e. The predicted octanol–water partition coefficient (Wildman–Crippen LogP) is 2.11. The zero-order valence-electron chi connectivity index (χ0n) is 7.53.